The molecule has 0 aliphatic carbocycles. The van der Waals surface area contributed by atoms with Gasteiger partial charge in [-0.1, -0.05) is 64.5 Å². The van der Waals surface area contributed by atoms with E-state index >= 15 is 0 Å². The Morgan fingerprint density at radius 2 is 1.64 bits per heavy atom. The first kappa shape index (κ1) is 30.4. The second kappa shape index (κ2) is 15.4. The molecule has 0 fully saturated rings. The first-order valence-corrected chi connectivity index (χ1v) is 14.5. The lowest BCUT2D eigenvalue weighted by molar-refractivity contribution is -0.154. The molecule has 0 unspecified atom stereocenters. The summed E-state index contributed by atoms with van der Waals surface area (Å²) in [5.41, 5.74) is 1.02. The molecule has 2 heterocycles. The summed E-state index contributed by atoms with van der Waals surface area (Å²) in [5.74, 6) is 1.30. The third-order valence-electron chi connectivity index (χ3n) is 7.12. The Hall–Kier alpha value is -3.15. The normalized spacial score (nSPS) is 11.7. The molecule has 0 atom stereocenters. The van der Waals surface area contributed by atoms with Crippen LogP contribution in [0.15, 0.2) is 58.0 Å². The van der Waals surface area contributed by atoms with E-state index in [1.54, 1.807) is 12.4 Å². The largest absolute Gasteiger partial charge is 0.494 e. The molecule has 3 aromatic rings. The van der Waals surface area contributed by atoms with Crippen molar-refractivity contribution in [1.82, 2.24) is 4.98 Å². The van der Waals surface area contributed by atoms with Gasteiger partial charge >= 0.3 is 11.6 Å². The molecule has 0 saturated carbocycles. The van der Waals surface area contributed by atoms with E-state index in [9.17, 15) is 9.59 Å². The van der Waals surface area contributed by atoms with Crippen molar-refractivity contribution in [2.45, 2.75) is 91.9 Å². The van der Waals surface area contributed by atoms with Crippen LogP contribution in [0.3, 0.4) is 0 Å². The average Bonchev–Trinajstić information content (AvgIpc) is 2.92. The van der Waals surface area contributed by atoms with E-state index < -0.39 is 0 Å². The Balaban J connectivity index is 1.25. The van der Waals surface area contributed by atoms with Gasteiger partial charge in [-0.05, 0) is 75.3 Å². The van der Waals surface area contributed by atoms with Gasteiger partial charge in [0, 0.05) is 11.6 Å². The molecule has 1 aromatic carbocycles. The summed E-state index contributed by atoms with van der Waals surface area (Å²) in [6.45, 7) is 9.54. The van der Waals surface area contributed by atoms with E-state index in [4.69, 9.17) is 13.9 Å². The molecule has 39 heavy (non-hydrogen) atoms. The number of benzene rings is 1. The second-order valence-corrected chi connectivity index (χ2v) is 11.5. The highest BCUT2D eigenvalue weighted by Crippen LogP contribution is 2.27. The predicted molar refractivity (Wildman–Crippen MR) is 157 cm³/mol. The molecule has 0 spiro atoms. The first-order chi connectivity index (χ1) is 18.8. The van der Waals surface area contributed by atoms with Crippen LogP contribution < -0.4 is 10.4 Å². The maximum atomic E-state index is 12.5. The Morgan fingerprint density at radius 3 is 2.36 bits per heavy atom. The Kier molecular flexibility index (Phi) is 12.0. The molecule has 212 valence electrons. The maximum absolute atomic E-state index is 12.5. The van der Waals surface area contributed by atoms with Crippen molar-refractivity contribution in [3.8, 4) is 16.9 Å². The lowest BCUT2D eigenvalue weighted by Crippen LogP contribution is -2.27. The minimum Gasteiger partial charge on any atom is -0.494 e. The number of carbonyl (C=O) groups excluding carboxylic acids is 1. The number of esters is 1. The summed E-state index contributed by atoms with van der Waals surface area (Å²) in [7, 11) is 0. The van der Waals surface area contributed by atoms with Crippen molar-refractivity contribution in [1.29, 1.82) is 0 Å². The zero-order valence-electron chi connectivity index (χ0n) is 24.2. The molecule has 0 amide bonds. The minimum atomic E-state index is -0.386. The van der Waals surface area contributed by atoms with E-state index in [2.05, 4.69) is 18.8 Å². The van der Waals surface area contributed by atoms with Gasteiger partial charge in [0.15, 0.2) is 5.58 Å². The molecule has 3 rings (SSSR count). The van der Waals surface area contributed by atoms with Gasteiger partial charge in [-0.15, -0.1) is 0 Å². The molecular weight excluding hydrogens is 490 g/mol. The number of rotatable bonds is 17. The van der Waals surface area contributed by atoms with E-state index in [1.165, 1.54) is 25.7 Å². The van der Waals surface area contributed by atoms with Crippen LogP contribution in [0.2, 0.25) is 0 Å². The molecule has 6 heteroatoms. The van der Waals surface area contributed by atoms with Gasteiger partial charge in [0.1, 0.15) is 5.75 Å². The minimum absolute atomic E-state index is 0.0609. The maximum Gasteiger partial charge on any atom is 0.344 e. The van der Waals surface area contributed by atoms with E-state index in [0.717, 1.165) is 55.2 Å². The zero-order chi connectivity index (χ0) is 28.1. The molecule has 6 nitrogen and oxygen atoms in total. The topological polar surface area (TPSA) is 78.6 Å². The van der Waals surface area contributed by atoms with Gasteiger partial charge in [-0.2, -0.15) is 0 Å². The zero-order valence-corrected chi connectivity index (χ0v) is 24.2. The summed E-state index contributed by atoms with van der Waals surface area (Å²) in [4.78, 5) is 28.8. The molecule has 0 bridgehead atoms. The number of aromatic nitrogens is 1. The summed E-state index contributed by atoms with van der Waals surface area (Å²) in [5, 5.41) is 0.839. The van der Waals surface area contributed by atoms with Crippen molar-refractivity contribution >= 4 is 16.9 Å². The van der Waals surface area contributed by atoms with Crippen LogP contribution in [0.4, 0.5) is 0 Å². The number of pyridine rings is 1. The number of carbonyl (C=O) groups is 1. The van der Waals surface area contributed by atoms with Crippen molar-refractivity contribution in [2.75, 3.05) is 13.2 Å². The summed E-state index contributed by atoms with van der Waals surface area (Å²) in [6, 6.07) is 11.3. The van der Waals surface area contributed by atoms with Crippen molar-refractivity contribution in [3.05, 3.63) is 59.2 Å². The summed E-state index contributed by atoms with van der Waals surface area (Å²) < 4.78 is 16.9. The fourth-order valence-electron chi connectivity index (χ4n) is 4.49. The lowest BCUT2D eigenvalue weighted by Gasteiger charge is -2.23. The van der Waals surface area contributed by atoms with Crippen LogP contribution in [0.25, 0.3) is 22.1 Å². The quantitative estimate of drug-likeness (QED) is 0.128. The predicted octanol–water partition coefficient (Wildman–Crippen LogP) is 8.36. The summed E-state index contributed by atoms with van der Waals surface area (Å²) in [6.07, 6.45) is 14.1. The third-order valence-corrected chi connectivity index (χ3v) is 7.12. The third kappa shape index (κ3) is 10.2. The average molecular weight is 536 g/mol. The molecule has 0 radical (unpaired) electrons. The van der Waals surface area contributed by atoms with Crippen molar-refractivity contribution in [3.63, 3.8) is 0 Å². The van der Waals surface area contributed by atoms with Gasteiger partial charge in [0.05, 0.1) is 30.4 Å². The van der Waals surface area contributed by atoms with E-state index in [0.29, 0.717) is 30.3 Å². The van der Waals surface area contributed by atoms with Crippen LogP contribution in [0, 0.1) is 11.3 Å². The summed E-state index contributed by atoms with van der Waals surface area (Å²) >= 11 is 0. The van der Waals surface area contributed by atoms with Crippen LogP contribution in [-0.4, -0.2) is 24.2 Å². The molecule has 0 N–H and O–H groups in total. The molecule has 0 saturated heterocycles. The number of fused-ring (bicyclic) bond motifs is 1. The van der Waals surface area contributed by atoms with E-state index in [-0.39, 0.29) is 17.0 Å². The number of nitrogens with zero attached hydrogens (tertiary/aromatic N) is 1. The van der Waals surface area contributed by atoms with Gasteiger partial charge in [-0.25, -0.2) is 4.79 Å². The van der Waals surface area contributed by atoms with Gasteiger partial charge in [0.25, 0.3) is 0 Å². The number of unbranched alkanes of at least 4 members (excludes halogenated alkanes) is 7. The Morgan fingerprint density at radius 1 is 0.949 bits per heavy atom. The number of hydrogen-bond donors (Lipinski definition) is 0. The highest BCUT2D eigenvalue weighted by molar-refractivity contribution is 5.81. The van der Waals surface area contributed by atoms with Gasteiger partial charge in [0.2, 0.25) is 0 Å². The molecule has 0 aliphatic rings. The molecule has 2 aromatic heterocycles. The highest BCUT2D eigenvalue weighted by atomic mass is 16.5. The number of hydrogen-bond acceptors (Lipinski definition) is 6. The smallest absolute Gasteiger partial charge is 0.344 e. The van der Waals surface area contributed by atoms with E-state index in [1.807, 2.05) is 50.2 Å². The van der Waals surface area contributed by atoms with Crippen molar-refractivity contribution in [2.24, 2.45) is 11.3 Å². The number of ether oxygens (including phenoxy) is 2. The Bertz CT molecular complexity index is 1230. The van der Waals surface area contributed by atoms with Crippen LogP contribution in [0.5, 0.6) is 5.75 Å². The lowest BCUT2D eigenvalue weighted by atomic mass is 9.85. The van der Waals surface area contributed by atoms with Crippen LogP contribution >= 0.6 is 0 Å². The molecular formula is C33H45NO5. The van der Waals surface area contributed by atoms with Gasteiger partial charge in [-0.3, -0.25) is 9.78 Å². The highest BCUT2D eigenvalue weighted by Gasteiger charge is 2.29. The second-order valence-electron chi connectivity index (χ2n) is 11.5. The first-order valence-electron chi connectivity index (χ1n) is 14.5. The SMILES string of the molecule is CC(C)CCC(C)(C)C(=O)OCCCCCCCCCCOc1cccc(-c2cc3ccncc3oc2=O)c1. The fraction of sp³-hybridized carbons (Fsp3) is 0.545. The van der Waals surface area contributed by atoms with Crippen LogP contribution in [-0.2, 0) is 9.53 Å². The van der Waals surface area contributed by atoms with Crippen molar-refractivity contribution < 1.29 is 18.7 Å². The molecule has 0 aliphatic heterocycles. The monoisotopic (exact) mass is 535 g/mol. The van der Waals surface area contributed by atoms with Crippen LogP contribution in [0.1, 0.15) is 91.9 Å². The van der Waals surface area contributed by atoms with Gasteiger partial charge < -0.3 is 13.9 Å². The fourth-order valence-corrected chi connectivity index (χ4v) is 4.49. The Labute approximate surface area is 233 Å². The standard InChI is InChI=1S/C33H45NO5/c1-25(2)16-18-33(3,4)32(36)38-21-12-10-8-6-5-7-9-11-20-37-28-15-13-14-26(22-28)29-23-27-17-19-34-24-30(27)39-31(29)35/h13-15,17,19,22-25H,5-12,16,18,20-21H2,1-4H3.